The van der Waals surface area contributed by atoms with Crippen molar-refractivity contribution in [1.82, 2.24) is 10.3 Å². The molecule has 0 aliphatic rings. The van der Waals surface area contributed by atoms with E-state index in [1.54, 1.807) is 0 Å². The molecule has 0 radical (unpaired) electrons. The van der Waals surface area contributed by atoms with Crippen LogP contribution in [0.5, 0.6) is 0 Å². The molecule has 0 aliphatic carbocycles. The van der Waals surface area contributed by atoms with Gasteiger partial charge < -0.3 is 16.2 Å². The highest BCUT2D eigenvalue weighted by atomic mass is 32.1. The molecule has 0 bridgehead atoms. The van der Waals surface area contributed by atoms with Crippen molar-refractivity contribution in [3.63, 3.8) is 0 Å². The number of nitrogens with zero attached hydrogens (tertiary/aromatic N) is 1. The Bertz CT molecular complexity index is 973. The fraction of sp³-hybridized carbons (Fsp3) is 0.333. The fourth-order valence-corrected chi connectivity index (χ4v) is 4.20. The van der Waals surface area contributed by atoms with Gasteiger partial charge in [-0.25, -0.2) is 4.98 Å². The Morgan fingerprint density at radius 3 is 2.53 bits per heavy atom. The van der Waals surface area contributed by atoms with Gasteiger partial charge in [-0.05, 0) is 43.7 Å². The van der Waals surface area contributed by atoms with Crippen LogP contribution < -0.4 is 11.1 Å². The van der Waals surface area contributed by atoms with Gasteiger partial charge in [0.25, 0.3) is 5.91 Å². The van der Waals surface area contributed by atoms with Gasteiger partial charge in [0.1, 0.15) is 11.1 Å². The first-order valence-corrected chi connectivity index (χ1v) is 10.3. The lowest BCUT2D eigenvalue weighted by molar-refractivity contribution is -0.137. The maximum Gasteiger partial charge on any atom is 0.417 e. The van der Waals surface area contributed by atoms with Gasteiger partial charge in [0, 0.05) is 0 Å². The Morgan fingerprint density at radius 2 is 1.83 bits per heavy atom. The summed E-state index contributed by atoms with van der Waals surface area (Å²) in [5.41, 5.74) is 4.74. The first-order chi connectivity index (χ1) is 14.3. The number of hydrogen-bond donors (Lipinski definition) is 3. The number of amides is 1. The number of unbranched alkanes of at least 4 members (excludes halogenated alkanes) is 1. The fourth-order valence-electron chi connectivity index (χ4n) is 3.18. The zero-order valence-corrected chi connectivity index (χ0v) is 16.8. The van der Waals surface area contributed by atoms with Gasteiger partial charge in [-0.15, -0.1) is 11.3 Å². The number of fused-ring (bicyclic) bond motifs is 1. The highest BCUT2D eigenvalue weighted by Gasteiger charge is 2.36. The van der Waals surface area contributed by atoms with Crippen LogP contribution in [-0.2, 0) is 6.18 Å². The molecule has 0 fully saturated rings. The average Bonchev–Trinajstić information content (AvgIpc) is 3.16. The summed E-state index contributed by atoms with van der Waals surface area (Å²) >= 11 is 1.29. The number of para-hydroxylation sites is 1. The van der Waals surface area contributed by atoms with Crippen LogP contribution in [0.25, 0.3) is 10.2 Å². The smallest absolute Gasteiger partial charge is 0.384 e. The minimum atomic E-state index is -4.66. The zero-order valence-electron chi connectivity index (χ0n) is 16.0. The van der Waals surface area contributed by atoms with Crippen molar-refractivity contribution in [3.05, 3.63) is 64.7 Å². The Labute approximate surface area is 175 Å². The minimum absolute atomic E-state index is 0.355. The van der Waals surface area contributed by atoms with Crippen LogP contribution >= 0.6 is 11.3 Å². The van der Waals surface area contributed by atoms with E-state index in [2.05, 4.69) is 10.3 Å². The number of alkyl halides is 3. The third kappa shape index (κ3) is 5.16. The molecule has 0 saturated carbocycles. The number of halogens is 3. The van der Waals surface area contributed by atoms with Crippen molar-refractivity contribution < 1.29 is 23.1 Å². The van der Waals surface area contributed by atoms with Crippen molar-refractivity contribution in [2.45, 2.75) is 37.6 Å². The molecule has 1 heterocycles. The standard InChI is InChI=1S/C21H22F3N3O2S/c22-21(23,24)14-8-2-1-7-13(14)19(29)26-16(10-5-6-12-25)18(28)20-27-15-9-3-4-11-17(15)30-20/h1-4,7-9,11,16,18,28H,5-6,10,12,25H2,(H,26,29). The molecular formula is C21H22F3N3O2S. The number of aliphatic hydroxyl groups is 1. The quantitative estimate of drug-likeness (QED) is 0.459. The van der Waals surface area contributed by atoms with Crippen LogP contribution in [0.4, 0.5) is 13.2 Å². The van der Waals surface area contributed by atoms with E-state index in [4.69, 9.17) is 5.73 Å². The summed E-state index contributed by atoms with van der Waals surface area (Å²) in [4.78, 5) is 17.1. The predicted molar refractivity (Wildman–Crippen MR) is 110 cm³/mol. The lowest BCUT2D eigenvalue weighted by atomic mass is 10.0. The van der Waals surface area contributed by atoms with Gasteiger partial charge in [-0.2, -0.15) is 13.2 Å². The first kappa shape index (κ1) is 22.2. The number of carbonyl (C=O) groups excluding carboxylic acids is 1. The summed E-state index contributed by atoms with van der Waals surface area (Å²) in [6, 6.07) is 11.1. The molecule has 160 valence electrons. The lowest BCUT2D eigenvalue weighted by Gasteiger charge is -2.24. The Morgan fingerprint density at radius 1 is 1.13 bits per heavy atom. The van der Waals surface area contributed by atoms with Gasteiger partial charge in [0.2, 0.25) is 0 Å². The molecule has 0 spiro atoms. The second-order valence-electron chi connectivity index (χ2n) is 6.87. The second-order valence-corrected chi connectivity index (χ2v) is 7.93. The van der Waals surface area contributed by atoms with Crippen LogP contribution in [0.15, 0.2) is 48.5 Å². The van der Waals surface area contributed by atoms with E-state index in [0.717, 1.165) is 16.8 Å². The van der Waals surface area contributed by atoms with E-state index in [9.17, 15) is 23.1 Å². The maximum absolute atomic E-state index is 13.3. The zero-order chi connectivity index (χ0) is 21.7. The maximum atomic E-state index is 13.3. The van der Waals surface area contributed by atoms with E-state index in [1.165, 1.54) is 23.5 Å². The number of aromatic nitrogens is 1. The summed E-state index contributed by atoms with van der Waals surface area (Å²) < 4.78 is 40.7. The van der Waals surface area contributed by atoms with Gasteiger partial charge in [0.15, 0.2) is 0 Å². The number of carbonyl (C=O) groups is 1. The average molecular weight is 437 g/mol. The van der Waals surface area contributed by atoms with Crippen molar-refractivity contribution in [1.29, 1.82) is 0 Å². The summed E-state index contributed by atoms with van der Waals surface area (Å²) in [6.45, 7) is 0.439. The molecule has 0 saturated heterocycles. The third-order valence-electron chi connectivity index (χ3n) is 4.71. The highest BCUT2D eigenvalue weighted by Crippen LogP contribution is 2.33. The Kier molecular flexibility index (Phi) is 7.06. The molecule has 30 heavy (non-hydrogen) atoms. The molecule has 2 atom stereocenters. The highest BCUT2D eigenvalue weighted by molar-refractivity contribution is 7.18. The van der Waals surface area contributed by atoms with Crippen LogP contribution in [0.2, 0.25) is 0 Å². The summed E-state index contributed by atoms with van der Waals surface area (Å²) in [7, 11) is 0. The topological polar surface area (TPSA) is 88.2 Å². The molecule has 9 heteroatoms. The van der Waals surface area contributed by atoms with E-state index < -0.39 is 35.4 Å². The third-order valence-corrected chi connectivity index (χ3v) is 5.81. The van der Waals surface area contributed by atoms with E-state index >= 15 is 0 Å². The SMILES string of the molecule is NCCCCC(NC(=O)c1ccccc1C(F)(F)F)C(O)c1nc2ccccc2s1. The molecular weight excluding hydrogens is 415 g/mol. The predicted octanol–water partition coefficient (Wildman–Crippen LogP) is 4.28. The van der Waals surface area contributed by atoms with Gasteiger partial charge in [-0.3, -0.25) is 4.79 Å². The van der Waals surface area contributed by atoms with Gasteiger partial charge in [-0.1, -0.05) is 30.7 Å². The largest absolute Gasteiger partial charge is 0.417 e. The van der Waals surface area contributed by atoms with Crippen molar-refractivity contribution in [2.24, 2.45) is 5.73 Å². The number of aliphatic hydroxyl groups excluding tert-OH is 1. The Hall–Kier alpha value is -2.49. The van der Waals surface area contributed by atoms with Crippen LogP contribution in [-0.4, -0.2) is 28.6 Å². The summed E-state index contributed by atoms with van der Waals surface area (Å²) in [5.74, 6) is -0.888. The van der Waals surface area contributed by atoms with Crippen molar-refractivity contribution >= 4 is 27.5 Å². The minimum Gasteiger partial charge on any atom is -0.384 e. The van der Waals surface area contributed by atoms with E-state index in [1.807, 2.05) is 24.3 Å². The molecule has 2 unspecified atom stereocenters. The molecule has 4 N–H and O–H groups in total. The molecule has 3 aromatic rings. The summed E-state index contributed by atoms with van der Waals surface area (Å²) in [5, 5.41) is 13.9. The van der Waals surface area contributed by atoms with E-state index in [0.29, 0.717) is 36.3 Å². The van der Waals surface area contributed by atoms with Crippen LogP contribution in [0.3, 0.4) is 0 Å². The summed E-state index contributed by atoms with van der Waals surface area (Å²) in [6.07, 6.45) is -4.19. The Balaban J connectivity index is 1.86. The molecule has 2 aromatic carbocycles. The monoisotopic (exact) mass is 437 g/mol. The molecule has 0 aliphatic heterocycles. The second kappa shape index (κ2) is 9.55. The number of rotatable bonds is 8. The normalized spacial score (nSPS) is 13.9. The van der Waals surface area contributed by atoms with Crippen LogP contribution in [0.1, 0.15) is 46.3 Å². The number of nitrogens with two attached hydrogens (primary N) is 1. The molecule has 1 amide bonds. The number of thiazole rings is 1. The first-order valence-electron chi connectivity index (χ1n) is 9.52. The van der Waals surface area contributed by atoms with E-state index in [-0.39, 0.29) is 0 Å². The van der Waals surface area contributed by atoms with Crippen LogP contribution in [0, 0.1) is 0 Å². The van der Waals surface area contributed by atoms with Crippen molar-refractivity contribution in [3.8, 4) is 0 Å². The van der Waals surface area contributed by atoms with Crippen molar-refractivity contribution in [2.75, 3.05) is 6.54 Å². The van der Waals surface area contributed by atoms with Gasteiger partial charge in [0.05, 0.1) is 27.4 Å². The number of hydrogen-bond acceptors (Lipinski definition) is 5. The number of benzene rings is 2. The van der Waals surface area contributed by atoms with Gasteiger partial charge >= 0.3 is 6.18 Å². The molecule has 5 nitrogen and oxygen atoms in total. The number of nitrogens with one attached hydrogen (secondary N) is 1. The molecule has 3 rings (SSSR count). The molecule has 1 aromatic heterocycles. The lowest BCUT2D eigenvalue weighted by Crippen LogP contribution is -2.40.